The van der Waals surface area contributed by atoms with Crippen molar-refractivity contribution in [3.05, 3.63) is 18.0 Å². The maximum atomic E-state index is 12.0. The lowest BCUT2D eigenvalue weighted by atomic mass is 10.2. The monoisotopic (exact) mass is 265 g/mol. The van der Waals surface area contributed by atoms with Crippen LogP contribution in [0.3, 0.4) is 0 Å². The van der Waals surface area contributed by atoms with Gasteiger partial charge in [0, 0.05) is 25.8 Å². The molecular formula is C12H19N5O2. The minimum absolute atomic E-state index is 0.0658. The van der Waals surface area contributed by atoms with Crippen molar-refractivity contribution >= 4 is 11.9 Å². The third-order valence-electron chi connectivity index (χ3n) is 2.95. The largest absolute Gasteiger partial charge is 0.377 e. The average Bonchev–Trinajstić information content (AvgIpc) is 2.47. The van der Waals surface area contributed by atoms with Crippen LogP contribution >= 0.6 is 0 Å². The molecule has 1 aliphatic rings. The summed E-state index contributed by atoms with van der Waals surface area (Å²) in [6, 6.07) is 1.38. The lowest BCUT2D eigenvalue weighted by molar-refractivity contribution is -0.124. The summed E-state index contributed by atoms with van der Waals surface area (Å²) in [5, 5.41) is 2.80. The molecule has 1 atom stereocenters. The van der Waals surface area contributed by atoms with Crippen molar-refractivity contribution in [3.63, 3.8) is 0 Å². The Morgan fingerprint density at radius 3 is 3.26 bits per heavy atom. The molecule has 104 valence electrons. The first-order valence-corrected chi connectivity index (χ1v) is 6.40. The van der Waals surface area contributed by atoms with Crippen LogP contribution in [0.25, 0.3) is 0 Å². The molecule has 19 heavy (non-hydrogen) atoms. The van der Waals surface area contributed by atoms with E-state index in [1.54, 1.807) is 12.3 Å². The first-order chi connectivity index (χ1) is 9.26. The van der Waals surface area contributed by atoms with Gasteiger partial charge in [-0.05, 0) is 13.0 Å². The predicted molar refractivity (Wildman–Crippen MR) is 70.6 cm³/mol. The number of carbonyl (C=O) groups is 1. The molecule has 1 amide bonds. The van der Waals surface area contributed by atoms with Crippen LogP contribution in [0.15, 0.2) is 12.3 Å². The molecule has 1 aromatic heterocycles. The van der Waals surface area contributed by atoms with E-state index in [9.17, 15) is 4.79 Å². The Morgan fingerprint density at radius 1 is 1.68 bits per heavy atom. The molecule has 0 bridgehead atoms. The van der Waals surface area contributed by atoms with Crippen LogP contribution in [-0.4, -0.2) is 48.2 Å². The topological polar surface area (TPSA) is 93.4 Å². The van der Waals surface area contributed by atoms with Gasteiger partial charge in [0.15, 0.2) is 0 Å². The van der Waals surface area contributed by atoms with E-state index in [4.69, 9.17) is 10.5 Å². The van der Waals surface area contributed by atoms with Crippen LogP contribution in [-0.2, 0) is 16.1 Å². The number of aromatic nitrogens is 2. The number of anilines is 1. The number of rotatable bonds is 4. The highest BCUT2D eigenvalue weighted by atomic mass is 16.5. The molecule has 3 N–H and O–H groups in total. The van der Waals surface area contributed by atoms with Gasteiger partial charge in [0.25, 0.3) is 0 Å². The number of ether oxygens (including phenoxy) is 1. The summed E-state index contributed by atoms with van der Waals surface area (Å²) in [6.45, 7) is 4.33. The van der Waals surface area contributed by atoms with E-state index in [0.717, 1.165) is 5.69 Å². The number of carbonyl (C=O) groups excluding carboxylic acids is 1. The Hall–Kier alpha value is -1.73. The second-order valence-electron chi connectivity index (χ2n) is 4.23. The van der Waals surface area contributed by atoms with Crippen LogP contribution in [0.5, 0.6) is 0 Å². The zero-order chi connectivity index (χ0) is 13.7. The molecule has 0 radical (unpaired) electrons. The molecule has 7 nitrogen and oxygen atoms in total. The van der Waals surface area contributed by atoms with E-state index >= 15 is 0 Å². The third kappa shape index (κ3) is 3.18. The lowest BCUT2D eigenvalue weighted by Gasteiger charge is -2.34. The first-order valence-electron chi connectivity index (χ1n) is 6.40. The fourth-order valence-corrected chi connectivity index (χ4v) is 1.99. The number of nitrogens with one attached hydrogen (secondary N) is 1. The van der Waals surface area contributed by atoms with E-state index in [1.807, 2.05) is 11.8 Å². The maximum Gasteiger partial charge on any atom is 0.245 e. The zero-order valence-electron chi connectivity index (χ0n) is 11.0. The lowest BCUT2D eigenvalue weighted by Crippen LogP contribution is -2.54. The molecule has 2 heterocycles. The highest BCUT2D eigenvalue weighted by Gasteiger charge is 2.30. The smallest absolute Gasteiger partial charge is 0.245 e. The van der Waals surface area contributed by atoms with Gasteiger partial charge in [-0.3, -0.25) is 4.79 Å². The van der Waals surface area contributed by atoms with Crippen LogP contribution in [0.1, 0.15) is 12.6 Å². The number of nitrogens with two attached hydrogens (primary N) is 1. The fraction of sp³-hybridized carbons (Fsp3) is 0.583. The Balaban J connectivity index is 2.20. The highest BCUT2D eigenvalue weighted by molar-refractivity contribution is 5.85. The van der Waals surface area contributed by atoms with Crippen molar-refractivity contribution in [3.8, 4) is 0 Å². The summed E-state index contributed by atoms with van der Waals surface area (Å²) in [5.74, 6) is 0.464. The van der Waals surface area contributed by atoms with Crippen molar-refractivity contribution in [2.75, 3.05) is 31.2 Å². The maximum absolute atomic E-state index is 12.0. The van der Waals surface area contributed by atoms with Gasteiger partial charge in [-0.2, -0.15) is 0 Å². The van der Waals surface area contributed by atoms with Gasteiger partial charge >= 0.3 is 0 Å². The van der Waals surface area contributed by atoms with E-state index in [0.29, 0.717) is 38.8 Å². The number of hydrogen-bond donors (Lipinski definition) is 2. The SMILES string of the molecule is CCNC(=O)C1COCCN1c1nccc(CN)n1. The summed E-state index contributed by atoms with van der Waals surface area (Å²) in [4.78, 5) is 22.5. The normalized spacial score (nSPS) is 19.3. The number of likely N-dealkylation sites (N-methyl/N-ethyl adjacent to an activating group) is 1. The van der Waals surface area contributed by atoms with Crippen molar-refractivity contribution in [2.24, 2.45) is 5.73 Å². The van der Waals surface area contributed by atoms with Gasteiger partial charge in [-0.15, -0.1) is 0 Å². The van der Waals surface area contributed by atoms with Crippen LogP contribution < -0.4 is 16.0 Å². The molecule has 1 unspecified atom stereocenters. The van der Waals surface area contributed by atoms with Gasteiger partial charge in [0.05, 0.1) is 18.9 Å². The van der Waals surface area contributed by atoms with E-state index in [1.165, 1.54) is 0 Å². The van der Waals surface area contributed by atoms with Gasteiger partial charge in [-0.1, -0.05) is 0 Å². The summed E-state index contributed by atoms with van der Waals surface area (Å²) in [7, 11) is 0. The molecule has 7 heteroatoms. The number of nitrogens with zero attached hydrogens (tertiary/aromatic N) is 3. The minimum Gasteiger partial charge on any atom is -0.377 e. The fourth-order valence-electron chi connectivity index (χ4n) is 1.99. The Morgan fingerprint density at radius 2 is 2.53 bits per heavy atom. The highest BCUT2D eigenvalue weighted by Crippen LogP contribution is 2.15. The van der Waals surface area contributed by atoms with Gasteiger partial charge in [-0.25, -0.2) is 9.97 Å². The third-order valence-corrected chi connectivity index (χ3v) is 2.95. The summed E-state index contributed by atoms with van der Waals surface area (Å²) >= 11 is 0. The number of morpholine rings is 1. The molecule has 0 saturated carbocycles. The quantitative estimate of drug-likeness (QED) is 0.746. The molecule has 0 aliphatic carbocycles. The van der Waals surface area contributed by atoms with Gasteiger partial charge < -0.3 is 20.7 Å². The molecule has 1 aliphatic heterocycles. The number of amides is 1. The Kier molecular flexibility index (Phi) is 4.64. The van der Waals surface area contributed by atoms with Gasteiger partial charge in [0.2, 0.25) is 11.9 Å². The summed E-state index contributed by atoms with van der Waals surface area (Å²) in [6.07, 6.45) is 1.66. The molecule has 0 aromatic carbocycles. The van der Waals surface area contributed by atoms with Crippen LogP contribution in [0.4, 0.5) is 5.95 Å². The Bertz CT molecular complexity index is 440. The molecule has 1 fully saturated rings. The molecule has 1 aromatic rings. The molecule has 2 rings (SSSR count). The van der Waals surface area contributed by atoms with Crippen LogP contribution in [0, 0.1) is 0 Å². The molecule has 0 spiro atoms. The van der Waals surface area contributed by atoms with Crippen molar-refractivity contribution in [1.82, 2.24) is 15.3 Å². The summed E-state index contributed by atoms with van der Waals surface area (Å²) in [5.41, 5.74) is 6.33. The zero-order valence-corrected chi connectivity index (χ0v) is 11.0. The van der Waals surface area contributed by atoms with Gasteiger partial charge in [0.1, 0.15) is 6.04 Å². The van der Waals surface area contributed by atoms with Crippen molar-refractivity contribution in [2.45, 2.75) is 19.5 Å². The second kappa shape index (κ2) is 6.44. The molecule has 1 saturated heterocycles. The average molecular weight is 265 g/mol. The van der Waals surface area contributed by atoms with Crippen molar-refractivity contribution < 1.29 is 9.53 Å². The van der Waals surface area contributed by atoms with Crippen LogP contribution in [0.2, 0.25) is 0 Å². The predicted octanol–water partition coefficient (Wildman–Crippen LogP) is -0.723. The number of hydrogen-bond acceptors (Lipinski definition) is 6. The van der Waals surface area contributed by atoms with E-state index < -0.39 is 0 Å². The standard InChI is InChI=1S/C12H19N5O2/c1-2-14-11(18)10-8-19-6-5-17(10)12-15-4-3-9(7-13)16-12/h3-4,10H,2,5-8,13H2,1H3,(H,14,18). The summed E-state index contributed by atoms with van der Waals surface area (Å²) < 4.78 is 5.38. The van der Waals surface area contributed by atoms with E-state index in [2.05, 4.69) is 15.3 Å². The van der Waals surface area contributed by atoms with E-state index in [-0.39, 0.29) is 11.9 Å². The second-order valence-corrected chi connectivity index (χ2v) is 4.23. The molecular weight excluding hydrogens is 246 g/mol. The Labute approximate surface area is 112 Å². The minimum atomic E-state index is -0.387. The first kappa shape index (κ1) is 13.7. The van der Waals surface area contributed by atoms with Crippen molar-refractivity contribution in [1.29, 1.82) is 0 Å².